The number of rotatable bonds is 2. The van der Waals surface area contributed by atoms with E-state index < -0.39 is 0 Å². The molecule has 0 aromatic carbocycles. The smallest absolute Gasteiger partial charge is 0.0586 e. The normalized spacial score (nSPS) is 38.2. The van der Waals surface area contributed by atoms with Crippen LogP contribution in [0.5, 0.6) is 0 Å². The monoisotopic (exact) mass is 226 g/mol. The highest BCUT2D eigenvalue weighted by atomic mass is 16.3. The van der Waals surface area contributed by atoms with Gasteiger partial charge in [-0.2, -0.15) is 0 Å². The van der Waals surface area contributed by atoms with Crippen molar-refractivity contribution in [3.05, 3.63) is 0 Å². The van der Waals surface area contributed by atoms with E-state index in [-0.39, 0.29) is 0 Å². The maximum Gasteiger partial charge on any atom is 0.0586 e. The first-order valence-corrected chi connectivity index (χ1v) is 6.93. The van der Waals surface area contributed by atoms with Crippen LogP contribution in [-0.4, -0.2) is 41.3 Å². The van der Waals surface area contributed by atoms with E-state index in [4.69, 9.17) is 5.73 Å². The zero-order chi connectivity index (χ0) is 11.4. The molecule has 1 atom stereocenters. The topological polar surface area (TPSA) is 49.5 Å². The van der Waals surface area contributed by atoms with Crippen LogP contribution in [0, 0.1) is 0 Å². The first kappa shape index (κ1) is 12.3. The minimum Gasteiger partial charge on any atom is -0.395 e. The standard InChI is InChI=1S/C13H26N2O/c14-11-5-7-12(8-6-11)15-9-3-1-2-4-13(15)10-16/h11-13,16H,1-10,14H2. The van der Waals surface area contributed by atoms with Gasteiger partial charge in [0.2, 0.25) is 0 Å². The van der Waals surface area contributed by atoms with Gasteiger partial charge in [0.25, 0.3) is 0 Å². The van der Waals surface area contributed by atoms with E-state index >= 15 is 0 Å². The number of aliphatic hydroxyl groups excluding tert-OH is 1. The molecule has 2 rings (SSSR count). The van der Waals surface area contributed by atoms with E-state index in [1.54, 1.807) is 0 Å². The summed E-state index contributed by atoms with van der Waals surface area (Å²) < 4.78 is 0. The van der Waals surface area contributed by atoms with Crippen LogP contribution in [0.3, 0.4) is 0 Å². The van der Waals surface area contributed by atoms with Gasteiger partial charge in [0, 0.05) is 18.1 Å². The molecule has 16 heavy (non-hydrogen) atoms. The Hall–Kier alpha value is -0.120. The lowest BCUT2D eigenvalue weighted by molar-refractivity contribution is 0.0644. The summed E-state index contributed by atoms with van der Waals surface area (Å²) in [5.74, 6) is 0. The van der Waals surface area contributed by atoms with Gasteiger partial charge < -0.3 is 10.8 Å². The highest BCUT2D eigenvalue weighted by molar-refractivity contribution is 4.86. The minimum atomic E-state index is 0.336. The van der Waals surface area contributed by atoms with Crippen molar-refractivity contribution in [2.75, 3.05) is 13.2 Å². The molecule has 94 valence electrons. The average molecular weight is 226 g/mol. The van der Waals surface area contributed by atoms with Crippen molar-refractivity contribution >= 4 is 0 Å². The number of hydrogen-bond acceptors (Lipinski definition) is 3. The molecule has 3 heteroatoms. The Labute approximate surface area is 99.0 Å². The third kappa shape index (κ3) is 2.96. The predicted octanol–water partition coefficient (Wildman–Crippen LogP) is 1.49. The Morgan fingerprint density at radius 1 is 1.00 bits per heavy atom. The second-order valence-corrected chi connectivity index (χ2v) is 5.49. The van der Waals surface area contributed by atoms with Gasteiger partial charge in [-0.1, -0.05) is 12.8 Å². The van der Waals surface area contributed by atoms with Crippen LogP contribution in [0.15, 0.2) is 0 Å². The zero-order valence-electron chi connectivity index (χ0n) is 10.3. The van der Waals surface area contributed by atoms with Crippen LogP contribution in [0.25, 0.3) is 0 Å². The van der Waals surface area contributed by atoms with Crippen molar-refractivity contribution in [2.24, 2.45) is 5.73 Å². The number of aliphatic hydroxyl groups is 1. The summed E-state index contributed by atoms with van der Waals surface area (Å²) in [5.41, 5.74) is 5.96. The van der Waals surface area contributed by atoms with E-state index in [9.17, 15) is 5.11 Å². The Bertz CT molecular complexity index is 202. The molecule has 0 amide bonds. The van der Waals surface area contributed by atoms with Crippen molar-refractivity contribution in [3.63, 3.8) is 0 Å². The van der Waals surface area contributed by atoms with Crippen LogP contribution >= 0.6 is 0 Å². The van der Waals surface area contributed by atoms with Gasteiger partial charge in [0.05, 0.1) is 6.61 Å². The third-order valence-electron chi connectivity index (χ3n) is 4.34. The summed E-state index contributed by atoms with van der Waals surface area (Å²) in [6.07, 6.45) is 9.90. The van der Waals surface area contributed by atoms with Crippen LogP contribution in [0.2, 0.25) is 0 Å². The minimum absolute atomic E-state index is 0.336. The molecule has 1 aliphatic heterocycles. The molecule has 1 aliphatic carbocycles. The number of likely N-dealkylation sites (tertiary alicyclic amines) is 1. The first-order chi connectivity index (χ1) is 7.81. The highest BCUT2D eigenvalue weighted by Gasteiger charge is 2.29. The van der Waals surface area contributed by atoms with Crippen molar-refractivity contribution < 1.29 is 5.11 Å². The molecule has 1 heterocycles. The summed E-state index contributed by atoms with van der Waals surface area (Å²) in [5, 5.41) is 9.50. The molecular weight excluding hydrogens is 200 g/mol. The summed E-state index contributed by atoms with van der Waals surface area (Å²) >= 11 is 0. The molecule has 2 aliphatic rings. The summed E-state index contributed by atoms with van der Waals surface area (Å²) in [6, 6.07) is 1.53. The molecule has 0 aromatic heterocycles. The van der Waals surface area contributed by atoms with Gasteiger partial charge in [0.1, 0.15) is 0 Å². The second-order valence-electron chi connectivity index (χ2n) is 5.49. The maximum absolute atomic E-state index is 9.50. The Morgan fingerprint density at radius 3 is 2.44 bits per heavy atom. The van der Waals surface area contributed by atoms with E-state index in [1.807, 2.05) is 0 Å². The van der Waals surface area contributed by atoms with Crippen LogP contribution in [0.1, 0.15) is 51.4 Å². The fourth-order valence-corrected chi connectivity index (χ4v) is 3.31. The fraction of sp³-hybridized carbons (Fsp3) is 1.00. The second kappa shape index (κ2) is 5.99. The molecule has 1 saturated carbocycles. The molecule has 0 aromatic rings. The third-order valence-corrected chi connectivity index (χ3v) is 4.34. The van der Waals surface area contributed by atoms with E-state index in [2.05, 4.69) is 4.90 Å². The lowest BCUT2D eigenvalue weighted by Gasteiger charge is -2.39. The molecule has 0 spiro atoms. The molecule has 2 fully saturated rings. The first-order valence-electron chi connectivity index (χ1n) is 6.93. The SMILES string of the molecule is NC1CCC(N2CCCCCC2CO)CC1. The van der Waals surface area contributed by atoms with E-state index in [1.165, 1.54) is 57.9 Å². The molecular formula is C13H26N2O. The molecule has 0 radical (unpaired) electrons. The average Bonchev–Trinajstić information content (AvgIpc) is 2.55. The molecule has 3 N–H and O–H groups in total. The van der Waals surface area contributed by atoms with Gasteiger partial charge in [-0.05, 0) is 45.1 Å². The zero-order valence-corrected chi connectivity index (χ0v) is 10.3. The van der Waals surface area contributed by atoms with Gasteiger partial charge in [-0.3, -0.25) is 4.90 Å². The maximum atomic E-state index is 9.50. The Balaban J connectivity index is 1.93. The van der Waals surface area contributed by atoms with Crippen molar-refractivity contribution in [1.82, 2.24) is 4.90 Å². The summed E-state index contributed by atoms with van der Waals surface area (Å²) in [7, 11) is 0. The molecule has 3 nitrogen and oxygen atoms in total. The fourth-order valence-electron chi connectivity index (χ4n) is 3.31. The predicted molar refractivity (Wildman–Crippen MR) is 66.3 cm³/mol. The summed E-state index contributed by atoms with van der Waals surface area (Å²) in [6.45, 7) is 1.52. The number of nitrogens with two attached hydrogens (primary N) is 1. The van der Waals surface area contributed by atoms with E-state index in [0.717, 1.165) is 0 Å². The lowest BCUT2D eigenvalue weighted by atomic mass is 9.90. The van der Waals surface area contributed by atoms with Crippen molar-refractivity contribution in [2.45, 2.75) is 69.5 Å². The van der Waals surface area contributed by atoms with Crippen LogP contribution in [-0.2, 0) is 0 Å². The quantitative estimate of drug-likeness (QED) is 0.750. The van der Waals surface area contributed by atoms with Gasteiger partial charge >= 0.3 is 0 Å². The van der Waals surface area contributed by atoms with Crippen LogP contribution in [0.4, 0.5) is 0 Å². The lowest BCUT2D eigenvalue weighted by Crippen LogP contribution is -2.47. The molecule has 0 bridgehead atoms. The largest absolute Gasteiger partial charge is 0.395 e. The van der Waals surface area contributed by atoms with Crippen LogP contribution < -0.4 is 5.73 Å². The van der Waals surface area contributed by atoms with Crippen molar-refractivity contribution in [1.29, 1.82) is 0 Å². The Kier molecular flexibility index (Phi) is 4.62. The highest BCUT2D eigenvalue weighted by Crippen LogP contribution is 2.27. The van der Waals surface area contributed by atoms with Gasteiger partial charge in [-0.15, -0.1) is 0 Å². The Morgan fingerprint density at radius 2 is 1.75 bits per heavy atom. The van der Waals surface area contributed by atoms with Crippen molar-refractivity contribution in [3.8, 4) is 0 Å². The number of nitrogens with zero attached hydrogens (tertiary/aromatic N) is 1. The molecule has 1 unspecified atom stereocenters. The molecule has 1 saturated heterocycles. The summed E-state index contributed by atoms with van der Waals surface area (Å²) in [4.78, 5) is 2.58. The van der Waals surface area contributed by atoms with E-state index in [0.29, 0.717) is 24.7 Å². The van der Waals surface area contributed by atoms with Gasteiger partial charge in [-0.25, -0.2) is 0 Å². The number of hydrogen-bond donors (Lipinski definition) is 2. The van der Waals surface area contributed by atoms with Gasteiger partial charge in [0.15, 0.2) is 0 Å².